The standard InChI is InChI=1S/C15H9N5O4/c21-12(8-11-17-15-16-6-3-7-19(15)18-11)24-20-13(22)9-4-1-2-5-10(9)14(20)23/h1-7H,8H2. The van der Waals surface area contributed by atoms with Crippen LogP contribution in [0.3, 0.4) is 0 Å². The molecule has 9 heteroatoms. The van der Waals surface area contributed by atoms with Crippen LogP contribution in [0.2, 0.25) is 0 Å². The van der Waals surface area contributed by atoms with Crippen LogP contribution in [-0.4, -0.2) is 42.4 Å². The van der Waals surface area contributed by atoms with Crippen molar-refractivity contribution in [2.45, 2.75) is 6.42 Å². The van der Waals surface area contributed by atoms with E-state index in [2.05, 4.69) is 15.1 Å². The molecule has 0 N–H and O–H groups in total. The molecular formula is C15H9N5O4. The van der Waals surface area contributed by atoms with Gasteiger partial charge < -0.3 is 4.84 Å². The third kappa shape index (κ3) is 2.19. The minimum atomic E-state index is -0.819. The molecule has 0 bridgehead atoms. The summed E-state index contributed by atoms with van der Waals surface area (Å²) in [5.74, 6) is -1.65. The SMILES string of the molecule is O=C(Cc1nc2ncccn2n1)ON1C(=O)c2ccccc2C1=O. The number of fused-ring (bicyclic) bond motifs is 2. The summed E-state index contributed by atoms with van der Waals surface area (Å²) in [4.78, 5) is 49.2. The van der Waals surface area contributed by atoms with Gasteiger partial charge in [-0.05, 0) is 18.2 Å². The minimum Gasteiger partial charge on any atom is -0.329 e. The lowest BCUT2D eigenvalue weighted by molar-refractivity contribution is -0.167. The number of hydroxylamine groups is 2. The highest BCUT2D eigenvalue weighted by molar-refractivity contribution is 6.20. The van der Waals surface area contributed by atoms with Crippen LogP contribution >= 0.6 is 0 Å². The van der Waals surface area contributed by atoms with Crippen molar-refractivity contribution >= 4 is 23.6 Å². The molecule has 9 nitrogen and oxygen atoms in total. The minimum absolute atomic E-state index is 0.176. The lowest BCUT2D eigenvalue weighted by Crippen LogP contribution is -2.33. The molecule has 0 saturated carbocycles. The predicted molar refractivity (Wildman–Crippen MR) is 77.5 cm³/mol. The predicted octanol–water partition coefficient (Wildman–Crippen LogP) is 0.421. The first kappa shape index (κ1) is 14.0. The molecule has 1 aromatic carbocycles. The maximum Gasteiger partial charge on any atom is 0.340 e. The third-order valence-electron chi connectivity index (χ3n) is 3.41. The Hall–Kier alpha value is -3.62. The van der Waals surface area contributed by atoms with Gasteiger partial charge in [0.25, 0.3) is 17.6 Å². The van der Waals surface area contributed by atoms with Crippen molar-refractivity contribution in [1.82, 2.24) is 24.6 Å². The van der Waals surface area contributed by atoms with E-state index < -0.39 is 17.8 Å². The van der Waals surface area contributed by atoms with Gasteiger partial charge in [0, 0.05) is 12.4 Å². The fourth-order valence-corrected chi connectivity index (χ4v) is 2.36. The second-order valence-electron chi connectivity index (χ2n) is 4.98. The van der Waals surface area contributed by atoms with Crippen LogP contribution in [0.15, 0.2) is 42.7 Å². The Kier molecular flexibility index (Phi) is 3.05. The van der Waals surface area contributed by atoms with Gasteiger partial charge in [0.05, 0.1) is 11.1 Å². The molecule has 1 aliphatic heterocycles. The van der Waals surface area contributed by atoms with Crippen molar-refractivity contribution in [2.24, 2.45) is 0 Å². The number of hydrogen-bond acceptors (Lipinski definition) is 7. The van der Waals surface area contributed by atoms with Gasteiger partial charge in [-0.3, -0.25) is 9.59 Å². The Morgan fingerprint density at radius 2 is 1.79 bits per heavy atom. The number of rotatable bonds is 3. The molecule has 1 aliphatic rings. The van der Waals surface area contributed by atoms with E-state index in [4.69, 9.17) is 4.84 Å². The van der Waals surface area contributed by atoms with E-state index in [9.17, 15) is 14.4 Å². The first-order valence-corrected chi connectivity index (χ1v) is 6.98. The molecule has 0 unspecified atom stereocenters. The molecule has 24 heavy (non-hydrogen) atoms. The van der Waals surface area contributed by atoms with Gasteiger partial charge >= 0.3 is 5.97 Å². The van der Waals surface area contributed by atoms with Crippen molar-refractivity contribution in [2.75, 3.05) is 0 Å². The molecule has 4 rings (SSSR count). The number of benzene rings is 1. The molecule has 0 fully saturated rings. The number of aromatic nitrogens is 4. The maximum absolute atomic E-state index is 12.1. The molecule has 0 radical (unpaired) electrons. The van der Waals surface area contributed by atoms with Gasteiger partial charge in [0.2, 0.25) is 0 Å². The first-order valence-electron chi connectivity index (χ1n) is 6.98. The van der Waals surface area contributed by atoms with Gasteiger partial charge in [-0.25, -0.2) is 14.3 Å². The number of nitrogens with zero attached hydrogens (tertiary/aromatic N) is 5. The van der Waals surface area contributed by atoms with Crippen molar-refractivity contribution in [3.63, 3.8) is 0 Å². The van der Waals surface area contributed by atoms with E-state index in [1.807, 2.05) is 0 Å². The molecule has 0 aliphatic carbocycles. The summed E-state index contributed by atoms with van der Waals surface area (Å²) in [5.41, 5.74) is 0.399. The van der Waals surface area contributed by atoms with Gasteiger partial charge in [-0.1, -0.05) is 17.2 Å². The smallest absolute Gasteiger partial charge is 0.329 e. The largest absolute Gasteiger partial charge is 0.340 e. The zero-order valence-corrected chi connectivity index (χ0v) is 12.1. The first-order chi connectivity index (χ1) is 11.6. The van der Waals surface area contributed by atoms with E-state index in [-0.39, 0.29) is 23.4 Å². The highest BCUT2D eigenvalue weighted by Gasteiger charge is 2.38. The number of carbonyl (C=O) groups excluding carboxylic acids is 3. The average molecular weight is 323 g/mol. The summed E-state index contributed by atoms with van der Waals surface area (Å²) in [6.07, 6.45) is 2.88. The summed E-state index contributed by atoms with van der Waals surface area (Å²) < 4.78 is 1.41. The van der Waals surface area contributed by atoms with Crippen LogP contribution in [-0.2, 0) is 16.1 Å². The lowest BCUT2D eigenvalue weighted by Gasteiger charge is -2.11. The molecule has 3 heterocycles. The van der Waals surface area contributed by atoms with Crippen molar-refractivity contribution in [1.29, 1.82) is 0 Å². The van der Waals surface area contributed by atoms with Crippen molar-refractivity contribution in [3.05, 3.63) is 59.7 Å². The zero-order chi connectivity index (χ0) is 16.7. The van der Waals surface area contributed by atoms with Crippen molar-refractivity contribution < 1.29 is 19.2 Å². The molecule has 2 amide bonds. The van der Waals surface area contributed by atoms with E-state index in [0.29, 0.717) is 10.8 Å². The van der Waals surface area contributed by atoms with Crippen LogP contribution in [0.4, 0.5) is 0 Å². The quantitative estimate of drug-likeness (QED) is 0.643. The van der Waals surface area contributed by atoms with Gasteiger partial charge in [0.1, 0.15) is 6.42 Å². The molecule has 2 aromatic heterocycles. The normalized spacial score (nSPS) is 13.4. The molecular weight excluding hydrogens is 314 g/mol. The number of hydrogen-bond donors (Lipinski definition) is 0. The summed E-state index contributed by atoms with van der Waals surface area (Å²) >= 11 is 0. The summed E-state index contributed by atoms with van der Waals surface area (Å²) in [7, 11) is 0. The monoisotopic (exact) mass is 323 g/mol. The molecule has 0 atom stereocenters. The van der Waals surface area contributed by atoms with Gasteiger partial charge in [0.15, 0.2) is 5.82 Å². The number of imide groups is 1. The highest BCUT2D eigenvalue weighted by Crippen LogP contribution is 2.22. The van der Waals surface area contributed by atoms with Crippen molar-refractivity contribution in [3.8, 4) is 0 Å². The average Bonchev–Trinajstić information content (AvgIpc) is 3.09. The highest BCUT2D eigenvalue weighted by atomic mass is 16.7. The topological polar surface area (TPSA) is 107 Å². The van der Waals surface area contributed by atoms with Gasteiger partial charge in [-0.2, -0.15) is 4.98 Å². The third-order valence-corrected chi connectivity index (χ3v) is 3.41. The van der Waals surface area contributed by atoms with E-state index in [0.717, 1.165) is 0 Å². The summed E-state index contributed by atoms with van der Waals surface area (Å²) in [6.45, 7) is 0. The lowest BCUT2D eigenvalue weighted by atomic mass is 10.1. The Morgan fingerprint density at radius 1 is 1.08 bits per heavy atom. The number of amides is 2. The molecule has 3 aromatic rings. The van der Waals surface area contributed by atoms with Crippen LogP contribution in [0.1, 0.15) is 26.5 Å². The Bertz CT molecular complexity index is 928. The van der Waals surface area contributed by atoms with Gasteiger partial charge in [-0.15, -0.1) is 5.10 Å². The second-order valence-corrected chi connectivity index (χ2v) is 4.98. The van der Waals surface area contributed by atoms with Crippen LogP contribution in [0, 0.1) is 0 Å². The molecule has 118 valence electrons. The van der Waals surface area contributed by atoms with Crippen LogP contribution in [0.5, 0.6) is 0 Å². The second kappa shape index (κ2) is 5.23. The van der Waals surface area contributed by atoms with Crippen LogP contribution in [0.25, 0.3) is 5.78 Å². The van der Waals surface area contributed by atoms with Crippen LogP contribution < -0.4 is 0 Å². The summed E-state index contributed by atoms with van der Waals surface area (Å²) in [5, 5.41) is 4.52. The zero-order valence-electron chi connectivity index (χ0n) is 12.1. The van der Waals surface area contributed by atoms with E-state index >= 15 is 0 Å². The summed E-state index contributed by atoms with van der Waals surface area (Å²) in [6, 6.07) is 7.92. The molecule has 0 saturated heterocycles. The number of carbonyl (C=O) groups is 3. The maximum atomic E-state index is 12.1. The van der Waals surface area contributed by atoms with E-state index in [1.165, 1.54) is 16.6 Å². The fraction of sp³-hybridized carbons (Fsp3) is 0.0667. The fourth-order valence-electron chi connectivity index (χ4n) is 2.36. The van der Waals surface area contributed by atoms with E-state index in [1.54, 1.807) is 30.6 Å². The Balaban J connectivity index is 1.51. The Morgan fingerprint density at radius 3 is 2.46 bits per heavy atom. The Labute approximate surface area is 134 Å². The molecule has 0 spiro atoms.